The standard InChI is InChI=1S/C14H15ClFN3/c1-2-18-13(11-4-3-7-19-14(11)17)10-6-5-9(15)8-12(10)16/h3-8,13,18H,2H2,1H3,(H2,17,19). The zero-order valence-electron chi connectivity index (χ0n) is 10.5. The number of hydrogen-bond acceptors (Lipinski definition) is 3. The minimum atomic E-state index is -0.360. The summed E-state index contributed by atoms with van der Waals surface area (Å²) in [7, 11) is 0. The van der Waals surface area contributed by atoms with Crippen molar-refractivity contribution in [2.24, 2.45) is 0 Å². The van der Waals surface area contributed by atoms with Crippen LogP contribution in [0.1, 0.15) is 24.1 Å². The Morgan fingerprint density at radius 2 is 2.16 bits per heavy atom. The summed E-state index contributed by atoms with van der Waals surface area (Å²) in [6.45, 7) is 2.63. The molecule has 0 spiro atoms. The van der Waals surface area contributed by atoms with Gasteiger partial charge in [0.05, 0.1) is 6.04 Å². The van der Waals surface area contributed by atoms with E-state index in [0.29, 0.717) is 22.9 Å². The average Bonchev–Trinajstić information content (AvgIpc) is 2.38. The van der Waals surface area contributed by atoms with Gasteiger partial charge in [0.2, 0.25) is 0 Å². The molecule has 3 N–H and O–H groups in total. The Kier molecular flexibility index (Phi) is 4.35. The first-order chi connectivity index (χ1) is 9.13. The fourth-order valence-electron chi connectivity index (χ4n) is 2.00. The minimum absolute atomic E-state index is 0.337. The number of anilines is 1. The number of nitrogens with one attached hydrogen (secondary N) is 1. The molecule has 1 atom stereocenters. The molecule has 0 fully saturated rings. The van der Waals surface area contributed by atoms with Crippen molar-refractivity contribution >= 4 is 17.4 Å². The predicted octanol–water partition coefficient (Wildman–Crippen LogP) is 3.16. The molecule has 0 amide bonds. The maximum absolute atomic E-state index is 14.1. The van der Waals surface area contributed by atoms with Crippen molar-refractivity contribution in [2.75, 3.05) is 12.3 Å². The van der Waals surface area contributed by atoms with Gasteiger partial charge in [-0.3, -0.25) is 0 Å². The quantitative estimate of drug-likeness (QED) is 0.904. The molecule has 1 aromatic carbocycles. The summed E-state index contributed by atoms with van der Waals surface area (Å²) >= 11 is 5.78. The van der Waals surface area contributed by atoms with Gasteiger partial charge >= 0.3 is 0 Å². The first kappa shape index (κ1) is 13.8. The lowest BCUT2D eigenvalue weighted by atomic mass is 9.98. The summed E-state index contributed by atoms with van der Waals surface area (Å²) in [6, 6.07) is 7.91. The summed E-state index contributed by atoms with van der Waals surface area (Å²) in [4.78, 5) is 4.04. The molecule has 0 aliphatic heterocycles. The number of pyridine rings is 1. The van der Waals surface area contributed by atoms with Gasteiger partial charge in [0.15, 0.2) is 0 Å². The van der Waals surface area contributed by atoms with Crippen LogP contribution in [0, 0.1) is 5.82 Å². The highest BCUT2D eigenvalue weighted by Crippen LogP contribution is 2.28. The summed E-state index contributed by atoms with van der Waals surface area (Å²) < 4.78 is 14.1. The molecule has 0 saturated heterocycles. The number of nitrogens with two attached hydrogens (primary N) is 1. The third kappa shape index (κ3) is 3.03. The zero-order chi connectivity index (χ0) is 13.8. The Hall–Kier alpha value is -1.65. The molecule has 0 bridgehead atoms. The van der Waals surface area contributed by atoms with Crippen molar-refractivity contribution in [1.29, 1.82) is 0 Å². The smallest absolute Gasteiger partial charge is 0.129 e. The average molecular weight is 280 g/mol. The second-order valence-corrected chi connectivity index (χ2v) is 4.57. The van der Waals surface area contributed by atoms with Crippen LogP contribution in [0.3, 0.4) is 0 Å². The van der Waals surface area contributed by atoms with Crippen LogP contribution in [0.2, 0.25) is 5.02 Å². The molecule has 0 aliphatic rings. The van der Waals surface area contributed by atoms with Crippen LogP contribution in [-0.4, -0.2) is 11.5 Å². The van der Waals surface area contributed by atoms with Crippen LogP contribution < -0.4 is 11.1 Å². The summed E-state index contributed by atoms with van der Waals surface area (Å²) in [6.07, 6.45) is 1.61. The molecule has 1 aromatic heterocycles. The third-order valence-corrected chi connectivity index (χ3v) is 3.10. The van der Waals surface area contributed by atoms with E-state index >= 15 is 0 Å². The molecular formula is C14H15ClFN3. The van der Waals surface area contributed by atoms with Crippen LogP contribution in [-0.2, 0) is 0 Å². The molecule has 19 heavy (non-hydrogen) atoms. The van der Waals surface area contributed by atoms with Crippen molar-refractivity contribution in [1.82, 2.24) is 10.3 Å². The summed E-state index contributed by atoms with van der Waals surface area (Å²) in [5.41, 5.74) is 7.13. The lowest BCUT2D eigenvalue weighted by molar-refractivity contribution is 0.559. The van der Waals surface area contributed by atoms with Crippen LogP contribution in [0.25, 0.3) is 0 Å². The Balaban J connectivity index is 2.48. The largest absolute Gasteiger partial charge is 0.383 e. The fraction of sp³-hybridized carbons (Fsp3) is 0.214. The molecule has 0 aliphatic carbocycles. The topological polar surface area (TPSA) is 50.9 Å². The summed E-state index contributed by atoms with van der Waals surface area (Å²) in [5, 5.41) is 3.58. The van der Waals surface area contributed by atoms with Gasteiger partial charge in [-0.1, -0.05) is 30.7 Å². The van der Waals surface area contributed by atoms with Crippen LogP contribution >= 0.6 is 11.6 Å². The molecule has 0 radical (unpaired) electrons. The SMILES string of the molecule is CCNC(c1ccc(Cl)cc1F)c1cccnc1N. The highest BCUT2D eigenvalue weighted by Gasteiger charge is 2.19. The first-order valence-corrected chi connectivity index (χ1v) is 6.40. The molecule has 2 rings (SSSR count). The van der Waals surface area contributed by atoms with E-state index in [0.717, 1.165) is 5.56 Å². The van der Waals surface area contributed by atoms with Crippen molar-refractivity contribution < 1.29 is 4.39 Å². The number of rotatable bonds is 4. The Bertz CT molecular complexity index is 574. The fourth-order valence-corrected chi connectivity index (χ4v) is 2.16. The molecule has 2 aromatic rings. The molecule has 1 unspecified atom stereocenters. The van der Waals surface area contributed by atoms with E-state index in [-0.39, 0.29) is 11.9 Å². The van der Waals surface area contributed by atoms with Gasteiger partial charge in [-0.05, 0) is 24.7 Å². The van der Waals surface area contributed by atoms with E-state index in [4.69, 9.17) is 17.3 Å². The second kappa shape index (κ2) is 5.99. The number of aromatic nitrogens is 1. The van der Waals surface area contributed by atoms with Crippen molar-refractivity contribution in [3.05, 3.63) is 58.5 Å². The monoisotopic (exact) mass is 279 g/mol. The van der Waals surface area contributed by atoms with E-state index in [1.54, 1.807) is 24.4 Å². The molecule has 1 heterocycles. The molecule has 3 nitrogen and oxygen atoms in total. The van der Waals surface area contributed by atoms with Gasteiger partial charge in [-0.15, -0.1) is 0 Å². The van der Waals surface area contributed by atoms with Crippen LogP contribution in [0.5, 0.6) is 0 Å². The number of halogens is 2. The van der Waals surface area contributed by atoms with Gasteiger partial charge in [0, 0.05) is 22.3 Å². The van der Waals surface area contributed by atoms with E-state index < -0.39 is 0 Å². The van der Waals surface area contributed by atoms with Crippen molar-refractivity contribution in [3.63, 3.8) is 0 Å². The van der Waals surface area contributed by atoms with Gasteiger partial charge in [0.1, 0.15) is 11.6 Å². The zero-order valence-corrected chi connectivity index (χ0v) is 11.3. The number of hydrogen-bond donors (Lipinski definition) is 2. The highest BCUT2D eigenvalue weighted by molar-refractivity contribution is 6.30. The van der Waals surface area contributed by atoms with Gasteiger partial charge in [0.25, 0.3) is 0 Å². The van der Waals surface area contributed by atoms with E-state index in [1.807, 2.05) is 13.0 Å². The molecule has 0 saturated carbocycles. The van der Waals surface area contributed by atoms with Crippen LogP contribution in [0.4, 0.5) is 10.2 Å². The molecular weight excluding hydrogens is 265 g/mol. The van der Waals surface area contributed by atoms with Gasteiger partial charge in [-0.25, -0.2) is 9.37 Å². The Morgan fingerprint density at radius 3 is 2.79 bits per heavy atom. The number of nitrogens with zero attached hydrogens (tertiary/aromatic N) is 1. The van der Waals surface area contributed by atoms with Gasteiger partial charge in [-0.2, -0.15) is 0 Å². The minimum Gasteiger partial charge on any atom is -0.383 e. The van der Waals surface area contributed by atoms with Crippen molar-refractivity contribution in [2.45, 2.75) is 13.0 Å². The van der Waals surface area contributed by atoms with E-state index in [9.17, 15) is 4.39 Å². The maximum Gasteiger partial charge on any atom is 0.129 e. The normalized spacial score (nSPS) is 12.4. The lowest BCUT2D eigenvalue weighted by Gasteiger charge is -2.20. The highest BCUT2D eigenvalue weighted by atomic mass is 35.5. The first-order valence-electron chi connectivity index (χ1n) is 6.02. The molecule has 5 heteroatoms. The third-order valence-electron chi connectivity index (χ3n) is 2.86. The number of nitrogen functional groups attached to an aromatic ring is 1. The Labute approximate surface area is 116 Å². The lowest BCUT2D eigenvalue weighted by Crippen LogP contribution is -2.24. The van der Waals surface area contributed by atoms with E-state index in [2.05, 4.69) is 10.3 Å². The second-order valence-electron chi connectivity index (χ2n) is 4.13. The maximum atomic E-state index is 14.1. The van der Waals surface area contributed by atoms with Crippen molar-refractivity contribution in [3.8, 4) is 0 Å². The van der Waals surface area contributed by atoms with E-state index in [1.165, 1.54) is 6.07 Å². The number of benzene rings is 1. The predicted molar refractivity (Wildman–Crippen MR) is 75.6 cm³/mol. The molecule has 100 valence electrons. The Morgan fingerprint density at radius 1 is 1.37 bits per heavy atom. The summed E-state index contributed by atoms with van der Waals surface area (Å²) in [5.74, 6) is 0.0319. The van der Waals surface area contributed by atoms with Gasteiger partial charge < -0.3 is 11.1 Å². The van der Waals surface area contributed by atoms with Crippen LogP contribution in [0.15, 0.2) is 36.5 Å².